The smallest absolute Gasteiger partial charge is 0.271 e. The van der Waals surface area contributed by atoms with Crippen LogP contribution < -0.4 is 9.73 Å². The van der Waals surface area contributed by atoms with Gasteiger partial charge >= 0.3 is 0 Å². The van der Waals surface area contributed by atoms with Crippen molar-refractivity contribution in [1.29, 1.82) is 0 Å². The number of nitrogens with one attached hydrogen (secondary N) is 1. The Balaban J connectivity index is 1.32. The molecule has 1 N–H and O–H groups in total. The lowest BCUT2D eigenvalue weighted by molar-refractivity contribution is 0.0955. The molecular weight excluding hydrogens is 660 g/mol. The first-order valence-corrected chi connectivity index (χ1v) is 16.4. The Labute approximate surface area is 271 Å². The van der Waals surface area contributed by atoms with E-state index in [-0.39, 0.29) is 17.3 Å². The summed E-state index contributed by atoms with van der Waals surface area (Å²) in [7, 11) is -3.91. The fourth-order valence-electron chi connectivity index (χ4n) is 4.93. The number of halogens is 2. The number of aryl methyl sites for hydroxylation is 2. The van der Waals surface area contributed by atoms with Crippen LogP contribution in [0.4, 0.5) is 5.69 Å². The average molecular weight is 690 g/mol. The lowest BCUT2D eigenvalue weighted by Gasteiger charge is -2.26. The second kappa shape index (κ2) is 13.2. The molecule has 7 nitrogen and oxygen atoms in total. The van der Waals surface area contributed by atoms with E-state index >= 15 is 0 Å². The number of anilines is 1. The fourth-order valence-corrected chi connectivity index (χ4v) is 6.89. The van der Waals surface area contributed by atoms with Crippen molar-refractivity contribution in [2.75, 3.05) is 4.31 Å². The number of hydrogen-bond donors (Lipinski definition) is 1. The SMILES string of the molecule is Cc1ccc(Cl)cc1N(Cc1ccc(C(=O)N/N=C\c2cc(C)n(-c3ccc(Br)cc3)c2C)cc1)S(=O)(=O)c1ccccc1. The third-order valence-corrected chi connectivity index (χ3v) is 9.78. The highest BCUT2D eigenvalue weighted by atomic mass is 79.9. The second-order valence-corrected chi connectivity index (χ2v) is 13.5. The highest BCUT2D eigenvalue weighted by molar-refractivity contribution is 9.10. The van der Waals surface area contributed by atoms with Crippen LogP contribution in [0.1, 0.15) is 38.4 Å². The Morgan fingerprint density at radius 1 is 0.932 bits per heavy atom. The van der Waals surface area contributed by atoms with Crippen LogP contribution in [0, 0.1) is 20.8 Å². The predicted molar refractivity (Wildman–Crippen MR) is 180 cm³/mol. The standard InChI is InChI=1S/C34H30BrClN4O3S/c1-23-9-16-30(36)20-33(23)39(44(42,43)32-7-5-4-6-8-32)22-26-10-12-27(13-11-26)34(41)38-37-21-28-19-24(2)40(25(28)3)31-17-14-29(35)15-18-31/h4-21H,22H2,1-3H3,(H,38,41)/b37-21-. The quantitative estimate of drug-likeness (QED) is 0.126. The lowest BCUT2D eigenvalue weighted by Crippen LogP contribution is -2.31. The zero-order chi connectivity index (χ0) is 31.4. The summed E-state index contributed by atoms with van der Waals surface area (Å²) >= 11 is 9.74. The molecule has 0 aliphatic carbocycles. The van der Waals surface area contributed by atoms with E-state index in [9.17, 15) is 13.2 Å². The number of carbonyl (C=O) groups is 1. The molecule has 1 heterocycles. The van der Waals surface area contributed by atoms with Gasteiger partial charge in [-0.3, -0.25) is 9.10 Å². The van der Waals surface area contributed by atoms with Crippen LogP contribution in [0.25, 0.3) is 5.69 Å². The van der Waals surface area contributed by atoms with Crippen LogP contribution in [0.2, 0.25) is 5.02 Å². The number of rotatable bonds is 9. The maximum absolute atomic E-state index is 13.8. The summed E-state index contributed by atoms with van der Waals surface area (Å²) in [6, 6.07) is 30.3. The molecular formula is C34H30BrClN4O3S. The summed E-state index contributed by atoms with van der Waals surface area (Å²) in [5.74, 6) is -0.381. The predicted octanol–water partition coefficient (Wildman–Crippen LogP) is 7.98. The van der Waals surface area contributed by atoms with E-state index < -0.39 is 10.0 Å². The molecule has 5 rings (SSSR count). The zero-order valence-electron chi connectivity index (χ0n) is 24.3. The molecule has 10 heteroatoms. The minimum absolute atomic E-state index is 0.0481. The molecule has 0 aliphatic rings. The lowest BCUT2D eigenvalue weighted by atomic mass is 10.1. The molecule has 4 aromatic carbocycles. The normalized spacial score (nSPS) is 11.6. The van der Waals surface area contributed by atoms with Gasteiger partial charge in [-0.05, 0) is 98.6 Å². The summed E-state index contributed by atoms with van der Waals surface area (Å²) in [6.07, 6.45) is 1.63. The Hall–Kier alpha value is -4.18. The highest BCUT2D eigenvalue weighted by Gasteiger charge is 2.26. The van der Waals surface area contributed by atoms with Gasteiger partial charge in [-0.15, -0.1) is 0 Å². The third kappa shape index (κ3) is 6.80. The van der Waals surface area contributed by atoms with Crippen LogP contribution in [0.5, 0.6) is 0 Å². The van der Waals surface area contributed by atoms with Crippen LogP contribution in [0.15, 0.2) is 118 Å². The number of nitrogens with zero attached hydrogens (tertiary/aromatic N) is 3. The fraction of sp³-hybridized carbons (Fsp3) is 0.118. The molecule has 224 valence electrons. The number of sulfonamides is 1. The topological polar surface area (TPSA) is 83.8 Å². The number of aromatic nitrogens is 1. The van der Waals surface area contributed by atoms with Gasteiger partial charge in [-0.1, -0.05) is 63.9 Å². The summed E-state index contributed by atoms with van der Waals surface area (Å²) in [5.41, 5.74) is 8.89. The molecule has 1 amide bonds. The van der Waals surface area contributed by atoms with Gasteiger partial charge < -0.3 is 4.57 Å². The van der Waals surface area contributed by atoms with E-state index in [1.807, 2.05) is 51.1 Å². The van der Waals surface area contributed by atoms with Crippen molar-refractivity contribution in [3.63, 3.8) is 0 Å². The van der Waals surface area contributed by atoms with Crippen LogP contribution in [-0.2, 0) is 16.6 Å². The van der Waals surface area contributed by atoms with E-state index in [1.54, 1.807) is 79.0 Å². The monoisotopic (exact) mass is 688 g/mol. The van der Waals surface area contributed by atoms with Crippen molar-refractivity contribution < 1.29 is 13.2 Å². The number of hydrogen-bond acceptors (Lipinski definition) is 4. The molecule has 0 unspecified atom stereocenters. The molecule has 44 heavy (non-hydrogen) atoms. The molecule has 0 atom stereocenters. The Kier molecular flexibility index (Phi) is 9.39. The summed E-state index contributed by atoms with van der Waals surface area (Å²) in [6.45, 7) is 5.91. The van der Waals surface area contributed by atoms with Crippen LogP contribution >= 0.6 is 27.5 Å². The minimum Gasteiger partial charge on any atom is -0.318 e. The van der Waals surface area contributed by atoms with Gasteiger partial charge in [-0.25, -0.2) is 13.8 Å². The van der Waals surface area contributed by atoms with E-state index in [4.69, 9.17) is 11.6 Å². The summed E-state index contributed by atoms with van der Waals surface area (Å²) in [5, 5.41) is 4.62. The van der Waals surface area contributed by atoms with Gasteiger partial charge in [0, 0.05) is 37.7 Å². The van der Waals surface area contributed by atoms with Crippen LogP contribution in [0.3, 0.4) is 0 Å². The minimum atomic E-state index is -3.91. The van der Waals surface area contributed by atoms with E-state index in [2.05, 4.69) is 31.0 Å². The first-order chi connectivity index (χ1) is 21.0. The van der Waals surface area contributed by atoms with E-state index in [0.29, 0.717) is 21.8 Å². The number of carbonyl (C=O) groups excluding carboxylic acids is 1. The largest absolute Gasteiger partial charge is 0.318 e. The van der Waals surface area contributed by atoms with Crippen molar-refractivity contribution in [2.24, 2.45) is 5.10 Å². The van der Waals surface area contributed by atoms with Crippen molar-refractivity contribution >= 4 is 55.4 Å². The first-order valence-electron chi connectivity index (χ1n) is 13.8. The molecule has 0 radical (unpaired) electrons. The Morgan fingerprint density at radius 3 is 2.30 bits per heavy atom. The molecule has 0 fully saturated rings. The van der Waals surface area contributed by atoms with E-state index in [0.717, 1.165) is 32.7 Å². The summed E-state index contributed by atoms with van der Waals surface area (Å²) < 4.78 is 32.0. The van der Waals surface area contributed by atoms with Crippen molar-refractivity contribution in [1.82, 2.24) is 9.99 Å². The Bertz CT molecular complexity index is 1940. The van der Waals surface area contributed by atoms with Crippen molar-refractivity contribution in [3.05, 3.63) is 146 Å². The van der Waals surface area contributed by atoms with Gasteiger partial charge in [0.25, 0.3) is 15.9 Å². The van der Waals surface area contributed by atoms with Gasteiger partial charge in [0.05, 0.1) is 23.3 Å². The molecule has 0 saturated heterocycles. The van der Waals surface area contributed by atoms with E-state index in [1.165, 1.54) is 4.31 Å². The number of benzene rings is 4. The Morgan fingerprint density at radius 2 is 1.61 bits per heavy atom. The van der Waals surface area contributed by atoms with Crippen molar-refractivity contribution in [2.45, 2.75) is 32.2 Å². The van der Waals surface area contributed by atoms with Gasteiger partial charge in [0.2, 0.25) is 0 Å². The van der Waals surface area contributed by atoms with Crippen molar-refractivity contribution in [3.8, 4) is 5.69 Å². The third-order valence-electron chi connectivity index (χ3n) is 7.24. The van der Waals surface area contributed by atoms with Crippen LogP contribution in [-0.4, -0.2) is 25.1 Å². The molecule has 0 bridgehead atoms. The first kappa shape index (κ1) is 31.3. The second-order valence-electron chi connectivity index (χ2n) is 10.3. The molecule has 0 aliphatic heterocycles. The number of hydrazone groups is 1. The number of amides is 1. The van der Waals surface area contributed by atoms with Gasteiger partial charge in [0.1, 0.15) is 0 Å². The summed E-state index contributed by atoms with van der Waals surface area (Å²) in [4.78, 5) is 13.0. The molecule has 0 spiro atoms. The average Bonchev–Trinajstić information content (AvgIpc) is 3.30. The van der Waals surface area contributed by atoms with Gasteiger partial charge in [-0.2, -0.15) is 5.10 Å². The maximum Gasteiger partial charge on any atom is 0.271 e. The molecule has 0 saturated carbocycles. The molecule has 5 aromatic rings. The molecule has 1 aromatic heterocycles. The van der Waals surface area contributed by atoms with Gasteiger partial charge in [0.15, 0.2) is 0 Å². The highest BCUT2D eigenvalue weighted by Crippen LogP contribution is 2.31. The maximum atomic E-state index is 13.8. The zero-order valence-corrected chi connectivity index (χ0v) is 27.5.